The van der Waals surface area contributed by atoms with E-state index >= 15 is 0 Å². The molecule has 0 aliphatic rings. The Labute approximate surface area is 163 Å². The van der Waals surface area contributed by atoms with Gasteiger partial charge in [0.2, 0.25) is 5.41 Å². The third kappa shape index (κ3) is 3.71. The number of allylic oxidation sites excluding steroid dienone is 2. The molecule has 2 N–H and O–H groups in total. The van der Waals surface area contributed by atoms with Gasteiger partial charge in [0.1, 0.15) is 11.5 Å². The average Bonchev–Trinajstić information content (AvgIpc) is 2.59. The van der Waals surface area contributed by atoms with E-state index < -0.39 is 40.4 Å². The van der Waals surface area contributed by atoms with E-state index in [4.69, 9.17) is 0 Å². The lowest BCUT2D eigenvalue weighted by molar-refractivity contribution is -0.288. The predicted octanol–water partition coefficient (Wildman–Crippen LogP) is 5.97. The van der Waals surface area contributed by atoms with Gasteiger partial charge < -0.3 is 10.2 Å². The van der Waals surface area contributed by atoms with Crippen molar-refractivity contribution >= 4 is 0 Å². The summed E-state index contributed by atoms with van der Waals surface area (Å²) in [6, 6.07) is 4.16. The van der Waals surface area contributed by atoms with E-state index in [1.54, 1.807) is 0 Å². The van der Waals surface area contributed by atoms with Gasteiger partial charge in [0, 0.05) is 5.56 Å². The van der Waals surface area contributed by atoms with Gasteiger partial charge in [-0.25, -0.2) is 0 Å². The minimum absolute atomic E-state index is 0.0888. The van der Waals surface area contributed by atoms with E-state index in [-0.39, 0.29) is 24.0 Å². The molecule has 0 aliphatic heterocycles. The Morgan fingerprint density at radius 2 is 1.21 bits per heavy atom. The van der Waals surface area contributed by atoms with Crippen LogP contribution in [0.4, 0.5) is 26.3 Å². The molecule has 0 atom stereocenters. The van der Waals surface area contributed by atoms with E-state index in [0.717, 1.165) is 18.2 Å². The molecule has 0 aromatic heterocycles. The summed E-state index contributed by atoms with van der Waals surface area (Å²) in [5.74, 6) is -0.911. The molecule has 0 spiro atoms. The third-order valence-electron chi connectivity index (χ3n) is 4.66. The Morgan fingerprint density at radius 1 is 0.724 bits per heavy atom. The fourth-order valence-electron chi connectivity index (χ4n) is 3.44. The number of hydrogen-bond acceptors (Lipinski definition) is 2. The molecule has 0 unspecified atom stereocenters. The molecule has 2 rings (SSSR count). The number of rotatable bonds is 6. The van der Waals surface area contributed by atoms with Gasteiger partial charge in [-0.1, -0.05) is 30.4 Å². The van der Waals surface area contributed by atoms with Gasteiger partial charge in [-0.05, 0) is 47.7 Å². The van der Waals surface area contributed by atoms with E-state index in [1.165, 1.54) is 12.2 Å². The molecule has 0 aliphatic carbocycles. The lowest BCUT2D eigenvalue weighted by Crippen LogP contribution is -2.55. The van der Waals surface area contributed by atoms with E-state index in [2.05, 4.69) is 13.2 Å². The topological polar surface area (TPSA) is 40.5 Å². The van der Waals surface area contributed by atoms with Crippen molar-refractivity contribution in [1.82, 2.24) is 0 Å². The second-order valence-corrected chi connectivity index (χ2v) is 6.37. The van der Waals surface area contributed by atoms with Gasteiger partial charge in [0.25, 0.3) is 0 Å². The third-order valence-corrected chi connectivity index (χ3v) is 4.66. The summed E-state index contributed by atoms with van der Waals surface area (Å²) in [4.78, 5) is 0. The normalized spacial score (nSPS) is 12.6. The zero-order chi connectivity index (χ0) is 22.0. The van der Waals surface area contributed by atoms with Gasteiger partial charge in [0.15, 0.2) is 0 Å². The van der Waals surface area contributed by atoms with Crippen LogP contribution in [-0.2, 0) is 18.3 Å². The molecule has 0 saturated carbocycles. The summed E-state index contributed by atoms with van der Waals surface area (Å²) in [6.45, 7) is 6.86. The van der Waals surface area contributed by atoms with Gasteiger partial charge in [0.05, 0.1) is 0 Å². The van der Waals surface area contributed by atoms with Crippen LogP contribution in [0.3, 0.4) is 0 Å². The van der Waals surface area contributed by atoms with Crippen molar-refractivity contribution in [1.29, 1.82) is 0 Å². The van der Waals surface area contributed by atoms with Crippen molar-refractivity contribution in [2.75, 3.05) is 0 Å². The average molecular weight is 416 g/mol. The maximum atomic E-state index is 14.3. The van der Waals surface area contributed by atoms with Crippen LogP contribution in [0.25, 0.3) is 0 Å². The van der Waals surface area contributed by atoms with Crippen LogP contribution in [-0.4, -0.2) is 22.6 Å². The monoisotopic (exact) mass is 416 g/mol. The number of aromatic hydroxyl groups is 2. The van der Waals surface area contributed by atoms with Crippen molar-refractivity contribution < 1.29 is 36.6 Å². The Hall–Kier alpha value is -2.90. The SMILES string of the molecule is C=CCc1c(O)ccc(C(c2ccc(O)cc2)(C(F)(F)F)C(F)(F)F)c1CC=C. The summed E-state index contributed by atoms with van der Waals surface area (Å²) in [6.07, 6.45) is -9.59. The lowest BCUT2D eigenvalue weighted by atomic mass is 9.70. The van der Waals surface area contributed by atoms with Crippen molar-refractivity contribution in [3.05, 3.63) is 84.0 Å². The number of halogens is 6. The smallest absolute Gasteiger partial charge is 0.411 e. The van der Waals surface area contributed by atoms with E-state index in [0.29, 0.717) is 18.2 Å². The Morgan fingerprint density at radius 3 is 1.66 bits per heavy atom. The first-order valence-electron chi connectivity index (χ1n) is 8.40. The fraction of sp³-hybridized carbons (Fsp3) is 0.238. The Balaban J connectivity index is 3.08. The summed E-state index contributed by atoms with van der Waals surface area (Å²) in [5.41, 5.74) is -6.96. The first-order valence-corrected chi connectivity index (χ1v) is 8.40. The van der Waals surface area contributed by atoms with Crippen LogP contribution >= 0.6 is 0 Å². The maximum absolute atomic E-state index is 14.3. The van der Waals surface area contributed by atoms with Crippen LogP contribution in [0.15, 0.2) is 61.7 Å². The molecule has 0 heterocycles. The quantitative estimate of drug-likeness (QED) is 0.450. The van der Waals surface area contributed by atoms with E-state index in [1.807, 2.05) is 0 Å². The molecular weight excluding hydrogens is 398 g/mol. The fourth-order valence-corrected chi connectivity index (χ4v) is 3.44. The van der Waals surface area contributed by atoms with Crippen molar-refractivity contribution in [2.24, 2.45) is 0 Å². The molecule has 2 aromatic rings. The highest BCUT2D eigenvalue weighted by Gasteiger charge is 2.73. The van der Waals surface area contributed by atoms with Crippen LogP contribution in [0.1, 0.15) is 22.3 Å². The first-order chi connectivity index (χ1) is 13.4. The number of benzene rings is 2. The van der Waals surface area contributed by atoms with Crippen molar-refractivity contribution in [2.45, 2.75) is 30.6 Å². The van der Waals surface area contributed by atoms with Crippen LogP contribution < -0.4 is 0 Å². The molecule has 2 nitrogen and oxygen atoms in total. The standard InChI is InChI=1S/C21H18F6O2/c1-3-5-15-16(6-4-2)18(29)12-11-17(15)19(20(22,23)24,21(25,26)27)13-7-9-14(28)10-8-13/h3-4,7-12,28-29H,1-2,5-6H2. The summed E-state index contributed by atoms with van der Waals surface area (Å²) >= 11 is 0. The Bertz CT molecular complexity index is 881. The summed E-state index contributed by atoms with van der Waals surface area (Å²) in [5, 5.41) is 19.4. The zero-order valence-electron chi connectivity index (χ0n) is 15.1. The van der Waals surface area contributed by atoms with E-state index in [9.17, 15) is 36.6 Å². The molecule has 0 fully saturated rings. The highest BCUT2D eigenvalue weighted by atomic mass is 19.4. The molecule has 29 heavy (non-hydrogen) atoms. The largest absolute Gasteiger partial charge is 0.508 e. The van der Waals surface area contributed by atoms with Crippen molar-refractivity contribution in [3.63, 3.8) is 0 Å². The lowest BCUT2D eigenvalue weighted by Gasteiger charge is -2.40. The molecule has 8 heteroatoms. The molecular formula is C21H18F6O2. The molecule has 0 amide bonds. The summed E-state index contributed by atoms with van der Waals surface area (Å²) in [7, 11) is 0. The second-order valence-electron chi connectivity index (χ2n) is 6.37. The predicted molar refractivity (Wildman–Crippen MR) is 96.9 cm³/mol. The van der Waals surface area contributed by atoms with Crippen molar-refractivity contribution in [3.8, 4) is 11.5 Å². The number of phenolic OH excluding ortho intramolecular Hbond substituents is 2. The molecule has 156 valence electrons. The van der Waals surface area contributed by atoms with Gasteiger partial charge in [-0.3, -0.25) is 0 Å². The van der Waals surface area contributed by atoms with Crippen LogP contribution in [0.2, 0.25) is 0 Å². The zero-order valence-corrected chi connectivity index (χ0v) is 15.1. The highest BCUT2D eigenvalue weighted by molar-refractivity contribution is 5.55. The first kappa shape index (κ1) is 22.4. The minimum Gasteiger partial charge on any atom is -0.508 e. The highest BCUT2D eigenvalue weighted by Crippen LogP contribution is 2.57. The number of phenols is 2. The van der Waals surface area contributed by atoms with Gasteiger partial charge in [-0.15, -0.1) is 13.2 Å². The molecule has 0 bridgehead atoms. The molecule has 0 radical (unpaired) electrons. The van der Waals surface area contributed by atoms with Crippen LogP contribution in [0.5, 0.6) is 11.5 Å². The minimum atomic E-state index is -5.78. The Kier molecular flexibility index (Phi) is 6.06. The van der Waals surface area contributed by atoms with Crippen LogP contribution in [0, 0.1) is 0 Å². The van der Waals surface area contributed by atoms with Gasteiger partial charge in [-0.2, -0.15) is 26.3 Å². The summed E-state index contributed by atoms with van der Waals surface area (Å²) < 4.78 is 85.7. The maximum Gasteiger partial charge on any atom is 0.411 e. The van der Waals surface area contributed by atoms with Gasteiger partial charge >= 0.3 is 12.4 Å². The number of alkyl halides is 6. The molecule has 0 saturated heterocycles. The second kappa shape index (κ2) is 7.85. The molecule has 2 aromatic carbocycles. The number of hydrogen-bond donors (Lipinski definition) is 2.